The minimum atomic E-state index is -0.116. The minimum Gasteiger partial charge on any atom is -0.373 e. The summed E-state index contributed by atoms with van der Waals surface area (Å²) < 4.78 is 6.18. The molecule has 2 fully saturated rings. The molecule has 0 unspecified atom stereocenters. The zero-order chi connectivity index (χ0) is 14.2. The number of Topliss-reactive ketones (excluding diaryl/α,β-unsaturated/α-hetero) is 1. The second-order valence-electron chi connectivity index (χ2n) is 5.97. The van der Waals surface area contributed by atoms with Crippen molar-refractivity contribution < 1.29 is 9.53 Å². The molecular weight excluding hydrogens is 260 g/mol. The van der Waals surface area contributed by atoms with Gasteiger partial charge in [-0.2, -0.15) is 0 Å². The predicted octanol–water partition coefficient (Wildman–Crippen LogP) is 3.68. The molecule has 21 heavy (non-hydrogen) atoms. The number of hydrogen-bond acceptors (Lipinski definition) is 2. The average molecular weight is 278 g/mol. The van der Waals surface area contributed by atoms with Gasteiger partial charge >= 0.3 is 0 Å². The fraction of sp³-hybridized carbons (Fsp3) is 0.316. The number of ether oxygens (including phenoxy) is 1. The van der Waals surface area contributed by atoms with E-state index in [4.69, 9.17) is 4.74 Å². The lowest BCUT2D eigenvalue weighted by Crippen LogP contribution is -2.40. The number of ketones is 1. The number of fused-ring (bicyclic) bond motifs is 2. The molecule has 0 aliphatic carbocycles. The fourth-order valence-electron chi connectivity index (χ4n) is 3.82. The maximum atomic E-state index is 13.1. The summed E-state index contributed by atoms with van der Waals surface area (Å²) in [5.74, 6) is 0.0939. The summed E-state index contributed by atoms with van der Waals surface area (Å²) in [4.78, 5) is 13.1. The van der Waals surface area contributed by atoms with Crippen molar-refractivity contribution in [1.29, 1.82) is 0 Å². The summed E-state index contributed by atoms with van der Waals surface area (Å²) in [5.41, 5.74) is 2.18. The third kappa shape index (κ3) is 2.11. The van der Waals surface area contributed by atoms with Crippen molar-refractivity contribution in [3.05, 3.63) is 71.8 Å². The summed E-state index contributed by atoms with van der Waals surface area (Å²) >= 11 is 0. The van der Waals surface area contributed by atoms with E-state index in [1.54, 1.807) is 0 Å². The highest BCUT2D eigenvalue weighted by Crippen LogP contribution is 2.46. The van der Waals surface area contributed by atoms with Crippen LogP contribution in [0.2, 0.25) is 0 Å². The lowest BCUT2D eigenvalue weighted by Gasteiger charge is -2.34. The molecule has 2 bridgehead atoms. The topological polar surface area (TPSA) is 26.3 Å². The van der Waals surface area contributed by atoms with Crippen molar-refractivity contribution in [2.75, 3.05) is 0 Å². The fourth-order valence-corrected chi connectivity index (χ4v) is 3.82. The number of benzene rings is 2. The van der Waals surface area contributed by atoms with Crippen molar-refractivity contribution in [1.82, 2.24) is 0 Å². The third-order valence-electron chi connectivity index (χ3n) is 4.76. The first kappa shape index (κ1) is 12.8. The van der Waals surface area contributed by atoms with Crippen LogP contribution in [-0.4, -0.2) is 18.0 Å². The molecule has 0 N–H and O–H groups in total. The second kappa shape index (κ2) is 5.12. The van der Waals surface area contributed by atoms with Gasteiger partial charge in [0.2, 0.25) is 0 Å². The summed E-state index contributed by atoms with van der Waals surface area (Å²) in [6, 6.07) is 20.2. The van der Waals surface area contributed by atoms with Crippen LogP contribution in [0, 0.1) is 0 Å². The molecule has 2 aliphatic rings. The number of hydrogen-bond donors (Lipinski definition) is 0. The molecule has 2 nitrogen and oxygen atoms in total. The Morgan fingerprint density at radius 1 is 0.714 bits per heavy atom. The van der Waals surface area contributed by atoms with Crippen LogP contribution in [-0.2, 0) is 9.53 Å². The molecule has 0 radical (unpaired) electrons. The monoisotopic (exact) mass is 278 g/mol. The molecule has 0 saturated carbocycles. The lowest BCUT2D eigenvalue weighted by atomic mass is 9.78. The Bertz CT molecular complexity index is 580. The normalized spacial score (nSPS) is 31.3. The van der Waals surface area contributed by atoms with Gasteiger partial charge in [-0.25, -0.2) is 0 Å². The first-order valence-electron chi connectivity index (χ1n) is 7.63. The van der Waals surface area contributed by atoms with Gasteiger partial charge in [0.1, 0.15) is 0 Å². The van der Waals surface area contributed by atoms with Crippen molar-refractivity contribution >= 4 is 5.78 Å². The molecule has 2 aromatic rings. The van der Waals surface area contributed by atoms with E-state index in [2.05, 4.69) is 0 Å². The van der Waals surface area contributed by atoms with Crippen LogP contribution in [0.3, 0.4) is 0 Å². The molecule has 0 aromatic heterocycles. The SMILES string of the molecule is O=C1[C@H](c2ccccc2)[C@H]2CC[C@@H](O2)[C@@H]1c1ccccc1. The van der Waals surface area contributed by atoms with Crippen molar-refractivity contribution in [3.63, 3.8) is 0 Å². The molecule has 2 saturated heterocycles. The van der Waals surface area contributed by atoms with Gasteiger partial charge in [-0.05, 0) is 24.0 Å². The van der Waals surface area contributed by atoms with Gasteiger partial charge in [0.15, 0.2) is 5.78 Å². The molecule has 2 aliphatic heterocycles. The highest BCUT2D eigenvalue weighted by molar-refractivity contribution is 5.94. The summed E-state index contributed by atoms with van der Waals surface area (Å²) in [7, 11) is 0. The molecule has 2 heteroatoms. The summed E-state index contributed by atoms with van der Waals surface area (Å²) in [6.45, 7) is 0. The van der Waals surface area contributed by atoms with E-state index >= 15 is 0 Å². The smallest absolute Gasteiger partial charge is 0.152 e. The van der Waals surface area contributed by atoms with Gasteiger partial charge in [-0.3, -0.25) is 4.79 Å². The Morgan fingerprint density at radius 2 is 1.14 bits per heavy atom. The number of rotatable bonds is 2. The second-order valence-corrected chi connectivity index (χ2v) is 5.97. The van der Waals surface area contributed by atoms with E-state index in [1.165, 1.54) is 0 Å². The van der Waals surface area contributed by atoms with Gasteiger partial charge in [0.05, 0.1) is 24.0 Å². The van der Waals surface area contributed by atoms with Gasteiger partial charge in [0, 0.05) is 0 Å². The highest BCUT2D eigenvalue weighted by Gasteiger charge is 2.49. The Kier molecular flexibility index (Phi) is 3.12. The average Bonchev–Trinajstić information content (AvgIpc) is 2.94. The predicted molar refractivity (Wildman–Crippen MR) is 81.3 cm³/mol. The van der Waals surface area contributed by atoms with Crippen LogP contribution in [0.5, 0.6) is 0 Å². The maximum absolute atomic E-state index is 13.1. The van der Waals surface area contributed by atoms with Crippen LogP contribution >= 0.6 is 0 Å². The van der Waals surface area contributed by atoms with Crippen molar-refractivity contribution in [3.8, 4) is 0 Å². The molecule has 0 amide bonds. The standard InChI is InChI=1S/C19H18O2/c20-19-17(13-7-3-1-4-8-13)15-11-12-16(21-15)18(19)14-9-5-2-6-10-14/h1-10,15-18H,11-12H2/t15-,16-,17-,18+/m1/s1. The third-order valence-corrected chi connectivity index (χ3v) is 4.76. The zero-order valence-electron chi connectivity index (χ0n) is 11.8. The van der Waals surface area contributed by atoms with E-state index in [9.17, 15) is 4.79 Å². The minimum absolute atomic E-state index is 0.0601. The maximum Gasteiger partial charge on any atom is 0.152 e. The van der Waals surface area contributed by atoms with E-state index in [0.29, 0.717) is 5.78 Å². The Morgan fingerprint density at radius 3 is 1.57 bits per heavy atom. The number of carbonyl (C=O) groups excluding carboxylic acids is 1. The van der Waals surface area contributed by atoms with Gasteiger partial charge in [-0.1, -0.05) is 60.7 Å². The van der Waals surface area contributed by atoms with Gasteiger partial charge in [0.25, 0.3) is 0 Å². The summed E-state index contributed by atoms with van der Waals surface area (Å²) in [6.07, 6.45) is 2.09. The zero-order valence-corrected chi connectivity index (χ0v) is 11.8. The highest BCUT2D eigenvalue weighted by atomic mass is 16.5. The van der Waals surface area contributed by atoms with Crippen LogP contribution < -0.4 is 0 Å². The molecule has 4 atom stereocenters. The van der Waals surface area contributed by atoms with E-state index in [0.717, 1.165) is 24.0 Å². The Hall–Kier alpha value is -1.93. The largest absolute Gasteiger partial charge is 0.373 e. The van der Waals surface area contributed by atoms with E-state index in [-0.39, 0.29) is 24.0 Å². The molecule has 4 rings (SSSR count). The summed E-state index contributed by atoms with van der Waals surface area (Å²) in [5, 5.41) is 0. The van der Waals surface area contributed by atoms with Crippen LogP contribution in [0.25, 0.3) is 0 Å². The molecule has 0 spiro atoms. The first-order chi connectivity index (χ1) is 10.3. The van der Waals surface area contributed by atoms with Crippen molar-refractivity contribution in [2.24, 2.45) is 0 Å². The number of carbonyl (C=O) groups is 1. The van der Waals surface area contributed by atoms with Crippen molar-refractivity contribution in [2.45, 2.75) is 36.9 Å². The van der Waals surface area contributed by atoms with Crippen LogP contribution in [0.4, 0.5) is 0 Å². The van der Waals surface area contributed by atoms with Gasteiger partial charge < -0.3 is 4.74 Å². The van der Waals surface area contributed by atoms with Crippen LogP contribution in [0.1, 0.15) is 35.8 Å². The van der Waals surface area contributed by atoms with E-state index < -0.39 is 0 Å². The van der Waals surface area contributed by atoms with Crippen LogP contribution in [0.15, 0.2) is 60.7 Å². The lowest BCUT2D eigenvalue weighted by molar-refractivity contribution is -0.135. The molecular formula is C19H18O2. The quantitative estimate of drug-likeness (QED) is 0.837. The molecule has 106 valence electrons. The first-order valence-corrected chi connectivity index (χ1v) is 7.63. The molecule has 2 heterocycles. The Labute approximate surface area is 124 Å². The Balaban J connectivity index is 1.75. The van der Waals surface area contributed by atoms with Gasteiger partial charge in [-0.15, -0.1) is 0 Å². The molecule has 2 aromatic carbocycles. The van der Waals surface area contributed by atoms with E-state index in [1.807, 2.05) is 60.7 Å².